The second-order valence-electron chi connectivity index (χ2n) is 4.63. The molecule has 1 aliphatic heterocycles. The first-order chi connectivity index (χ1) is 8.77. The fourth-order valence-electron chi connectivity index (χ4n) is 2.45. The predicted octanol–water partition coefficient (Wildman–Crippen LogP) is 2.60. The first-order valence-corrected chi connectivity index (χ1v) is 6.07. The molecule has 3 nitrogen and oxygen atoms in total. The van der Waals surface area contributed by atoms with Gasteiger partial charge >= 0.3 is 0 Å². The summed E-state index contributed by atoms with van der Waals surface area (Å²) in [6, 6.07) is 9.80. The number of hydrogen-bond donors (Lipinski definition) is 1. The molecule has 2 unspecified atom stereocenters. The number of aliphatic hydroxyl groups excluding tert-OH is 1. The van der Waals surface area contributed by atoms with Gasteiger partial charge in [0.05, 0.1) is 18.6 Å². The monoisotopic (exact) mass is 241 g/mol. The van der Waals surface area contributed by atoms with Gasteiger partial charge in [0, 0.05) is 23.5 Å². The molecule has 3 heteroatoms. The molecule has 0 fully saturated rings. The van der Waals surface area contributed by atoms with E-state index in [4.69, 9.17) is 4.74 Å². The fourth-order valence-corrected chi connectivity index (χ4v) is 2.45. The molecule has 92 valence electrons. The van der Waals surface area contributed by atoms with Gasteiger partial charge in [-0.1, -0.05) is 18.2 Å². The minimum Gasteiger partial charge on any atom is -0.493 e. The van der Waals surface area contributed by atoms with Gasteiger partial charge in [-0.2, -0.15) is 0 Å². The quantitative estimate of drug-likeness (QED) is 0.878. The van der Waals surface area contributed by atoms with Gasteiger partial charge in [-0.25, -0.2) is 0 Å². The lowest BCUT2D eigenvalue weighted by Gasteiger charge is -2.18. The molecule has 18 heavy (non-hydrogen) atoms. The summed E-state index contributed by atoms with van der Waals surface area (Å²) in [4.78, 5) is 4.09. The van der Waals surface area contributed by atoms with Crippen LogP contribution >= 0.6 is 0 Å². The van der Waals surface area contributed by atoms with Gasteiger partial charge in [-0.15, -0.1) is 0 Å². The second kappa shape index (κ2) is 4.42. The van der Waals surface area contributed by atoms with Crippen molar-refractivity contribution in [2.45, 2.75) is 18.9 Å². The second-order valence-corrected chi connectivity index (χ2v) is 4.63. The van der Waals surface area contributed by atoms with Crippen LogP contribution in [0.5, 0.6) is 5.75 Å². The summed E-state index contributed by atoms with van der Waals surface area (Å²) in [5.74, 6) is 0.868. The van der Waals surface area contributed by atoms with Crippen molar-refractivity contribution >= 4 is 0 Å². The minimum atomic E-state index is -0.567. The molecule has 0 saturated carbocycles. The van der Waals surface area contributed by atoms with E-state index in [9.17, 15) is 5.11 Å². The smallest absolute Gasteiger partial charge is 0.123 e. The van der Waals surface area contributed by atoms with Crippen LogP contribution in [0.4, 0.5) is 0 Å². The molecule has 0 aliphatic carbocycles. The number of pyridine rings is 1. The summed E-state index contributed by atoms with van der Waals surface area (Å²) in [5, 5.41) is 10.5. The Kier molecular flexibility index (Phi) is 2.76. The van der Waals surface area contributed by atoms with Crippen molar-refractivity contribution in [2.24, 2.45) is 0 Å². The molecule has 0 spiro atoms. The van der Waals surface area contributed by atoms with Gasteiger partial charge in [0.1, 0.15) is 5.75 Å². The van der Waals surface area contributed by atoms with Crippen LogP contribution in [0.15, 0.2) is 42.7 Å². The number of para-hydroxylation sites is 1. The summed E-state index contributed by atoms with van der Waals surface area (Å²) in [7, 11) is 0. The SMILES string of the molecule is Cc1ccncc1C(O)C1COc2ccccc21. The van der Waals surface area contributed by atoms with Crippen molar-refractivity contribution in [1.29, 1.82) is 0 Å². The molecule has 0 amide bonds. The summed E-state index contributed by atoms with van der Waals surface area (Å²) >= 11 is 0. The third kappa shape index (κ3) is 1.77. The number of aromatic nitrogens is 1. The summed E-state index contributed by atoms with van der Waals surface area (Å²) in [6.07, 6.45) is 2.91. The molecular weight excluding hydrogens is 226 g/mol. The van der Waals surface area contributed by atoms with Crippen LogP contribution in [-0.4, -0.2) is 16.7 Å². The lowest BCUT2D eigenvalue weighted by molar-refractivity contribution is 0.129. The van der Waals surface area contributed by atoms with Crippen LogP contribution in [0.25, 0.3) is 0 Å². The number of benzene rings is 1. The first kappa shape index (κ1) is 11.2. The highest BCUT2D eigenvalue weighted by atomic mass is 16.5. The number of aliphatic hydroxyl groups is 1. The van der Waals surface area contributed by atoms with Gasteiger partial charge < -0.3 is 9.84 Å². The Balaban J connectivity index is 1.96. The molecule has 1 aliphatic rings. The number of hydrogen-bond acceptors (Lipinski definition) is 3. The highest BCUT2D eigenvalue weighted by molar-refractivity contribution is 5.42. The Bertz CT molecular complexity index is 568. The van der Waals surface area contributed by atoms with Gasteiger partial charge in [-0.3, -0.25) is 4.98 Å². The Hall–Kier alpha value is -1.87. The van der Waals surface area contributed by atoms with Crippen LogP contribution in [0.1, 0.15) is 28.7 Å². The van der Waals surface area contributed by atoms with E-state index in [1.165, 1.54) is 0 Å². The van der Waals surface area contributed by atoms with Gasteiger partial charge in [0.2, 0.25) is 0 Å². The number of rotatable bonds is 2. The van der Waals surface area contributed by atoms with Crippen molar-refractivity contribution < 1.29 is 9.84 Å². The maximum Gasteiger partial charge on any atom is 0.123 e. The van der Waals surface area contributed by atoms with E-state index in [1.807, 2.05) is 37.3 Å². The van der Waals surface area contributed by atoms with Crippen molar-refractivity contribution in [2.75, 3.05) is 6.61 Å². The molecule has 1 N–H and O–H groups in total. The van der Waals surface area contributed by atoms with E-state index in [-0.39, 0.29) is 5.92 Å². The van der Waals surface area contributed by atoms with Crippen molar-refractivity contribution in [3.8, 4) is 5.75 Å². The topological polar surface area (TPSA) is 42.4 Å². The van der Waals surface area contributed by atoms with Crippen LogP contribution in [0.2, 0.25) is 0 Å². The van der Waals surface area contributed by atoms with E-state index in [0.717, 1.165) is 22.4 Å². The third-order valence-electron chi connectivity index (χ3n) is 3.52. The molecule has 2 heterocycles. The Morgan fingerprint density at radius 2 is 2.17 bits per heavy atom. The average molecular weight is 241 g/mol. The molecule has 0 saturated heterocycles. The van der Waals surface area contributed by atoms with E-state index in [1.54, 1.807) is 12.4 Å². The highest BCUT2D eigenvalue weighted by Gasteiger charge is 2.31. The Morgan fingerprint density at radius 1 is 1.33 bits per heavy atom. The first-order valence-electron chi connectivity index (χ1n) is 6.07. The largest absolute Gasteiger partial charge is 0.493 e. The fraction of sp³-hybridized carbons (Fsp3) is 0.267. The zero-order chi connectivity index (χ0) is 12.5. The summed E-state index contributed by atoms with van der Waals surface area (Å²) in [5.41, 5.74) is 3.01. The zero-order valence-corrected chi connectivity index (χ0v) is 10.2. The normalized spacial score (nSPS) is 19.1. The number of fused-ring (bicyclic) bond motifs is 1. The summed E-state index contributed by atoms with van der Waals surface area (Å²) < 4.78 is 5.61. The third-order valence-corrected chi connectivity index (χ3v) is 3.52. The van der Waals surface area contributed by atoms with Crippen LogP contribution in [0.3, 0.4) is 0 Å². The number of nitrogens with zero attached hydrogens (tertiary/aromatic N) is 1. The maximum absolute atomic E-state index is 10.5. The predicted molar refractivity (Wildman–Crippen MR) is 68.6 cm³/mol. The average Bonchev–Trinajstić information content (AvgIpc) is 2.82. The van der Waals surface area contributed by atoms with E-state index in [0.29, 0.717) is 6.61 Å². The Morgan fingerprint density at radius 3 is 3.00 bits per heavy atom. The number of aryl methyl sites for hydroxylation is 1. The minimum absolute atomic E-state index is 0.0101. The molecule has 0 radical (unpaired) electrons. The van der Waals surface area contributed by atoms with Crippen LogP contribution < -0.4 is 4.74 Å². The van der Waals surface area contributed by atoms with Gasteiger partial charge in [0.25, 0.3) is 0 Å². The lowest BCUT2D eigenvalue weighted by Crippen LogP contribution is -2.13. The molecular formula is C15H15NO2. The molecule has 2 atom stereocenters. The van der Waals surface area contributed by atoms with E-state index < -0.39 is 6.10 Å². The van der Waals surface area contributed by atoms with Crippen molar-refractivity contribution in [1.82, 2.24) is 4.98 Å². The van der Waals surface area contributed by atoms with E-state index in [2.05, 4.69) is 4.98 Å². The standard InChI is InChI=1S/C15H15NO2/c1-10-6-7-16-8-12(10)15(17)13-9-18-14-5-3-2-4-11(13)14/h2-8,13,15,17H,9H2,1H3. The highest BCUT2D eigenvalue weighted by Crippen LogP contribution is 2.41. The van der Waals surface area contributed by atoms with E-state index >= 15 is 0 Å². The summed E-state index contributed by atoms with van der Waals surface area (Å²) in [6.45, 7) is 2.51. The molecule has 0 bridgehead atoms. The van der Waals surface area contributed by atoms with Crippen LogP contribution in [0, 0.1) is 6.92 Å². The molecule has 1 aromatic carbocycles. The van der Waals surface area contributed by atoms with Gasteiger partial charge in [-0.05, 0) is 24.6 Å². The zero-order valence-electron chi connectivity index (χ0n) is 10.2. The Labute approximate surface area is 106 Å². The molecule has 1 aromatic heterocycles. The maximum atomic E-state index is 10.5. The van der Waals surface area contributed by atoms with Crippen molar-refractivity contribution in [3.05, 3.63) is 59.4 Å². The van der Waals surface area contributed by atoms with Gasteiger partial charge in [0.15, 0.2) is 0 Å². The van der Waals surface area contributed by atoms with Crippen LogP contribution in [-0.2, 0) is 0 Å². The lowest BCUT2D eigenvalue weighted by atomic mass is 9.90. The number of ether oxygens (including phenoxy) is 1. The van der Waals surface area contributed by atoms with Crippen molar-refractivity contribution in [3.63, 3.8) is 0 Å². The molecule has 3 rings (SSSR count). The molecule has 2 aromatic rings.